The van der Waals surface area contributed by atoms with Gasteiger partial charge in [-0.2, -0.15) is 0 Å². The predicted molar refractivity (Wildman–Crippen MR) is 54.4 cm³/mol. The number of hydrogen-bond acceptors (Lipinski definition) is 6. The average molecular weight is 226 g/mol. The predicted octanol–water partition coefficient (Wildman–Crippen LogP) is -0.113. The number of rotatable bonds is 3. The second-order valence-electron chi connectivity index (χ2n) is 3.66. The van der Waals surface area contributed by atoms with Gasteiger partial charge in [-0.3, -0.25) is 9.59 Å². The molecular weight excluding hydrogens is 214 g/mol. The molecule has 86 valence electrons. The molecule has 0 saturated carbocycles. The molecule has 0 aliphatic carbocycles. The van der Waals surface area contributed by atoms with Gasteiger partial charge >= 0.3 is 26.2 Å². The van der Waals surface area contributed by atoms with E-state index < -0.39 is 38.4 Å². The quantitative estimate of drug-likeness (QED) is 0.625. The van der Waals surface area contributed by atoms with E-state index in [1.54, 1.807) is 0 Å². The minimum atomic E-state index is -0.992. The van der Waals surface area contributed by atoms with Gasteiger partial charge in [-0.25, -0.2) is 0 Å². The van der Waals surface area contributed by atoms with Crippen LogP contribution < -0.4 is 0 Å². The first-order valence-corrected chi connectivity index (χ1v) is 5.37. The smallest absolute Gasteiger partial charge is 0.507 e. The summed E-state index contributed by atoms with van der Waals surface area (Å²) in [4.78, 5) is 22.9. The van der Waals surface area contributed by atoms with Gasteiger partial charge in [0.2, 0.25) is 0 Å². The van der Waals surface area contributed by atoms with Crippen LogP contribution >= 0.6 is 0 Å². The second kappa shape index (κ2) is 4.47. The maximum atomic E-state index is 11.4. The molecule has 2 aliphatic rings. The highest BCUT2D eigenvalue weighted by molar-refractivity contribution is 6.50. The van der Waals surface area contributed by atoms with Crippen molar-refractivity contribution >= 4 is 26.2 Å². The molecule has 0 unspecified atom stereocenters. The minimum absolute atomic E-state index is 0.543. The van der Waals surface area contributed by atoms with E-state index in [-0.39, 0.29) is 0 Å². The molecule has 2 fully saturated rings. The Kier molecular flexibility index (Phi) is 3.20. The van der Waals surface area contributed by atoms with Crippen molar-refractivity contribution in [3.63, 3.8) is 0 Å². The van der Waals surface area contributed by atoms with Crippen LogP contribution in [0.4, 0.5) is 0 Å². The fourth-order valence-electron chi connectivity index (χ4n) is 1.64. The summed E-state index contributed by atoms with van der Waals surface area (Å²) in [5.74, 6) is -1.13. The molecule has 8 heteroatoms. The van der Waals surface area contributed by atoms with E-state index in [0.29, 0.717) is 12.6 Å². The molecule has 2 atom stereocenters. The van der Waals surface area contributed by atoms with Crippen molar-refractivity contribution in [1.82, 2.24) is 0 Å². The number of hydrogen-bond donors (Lipinski definition) is 0. The highest BCUT2D eigenvalue weighted by atomic mass is 16.7. The van der Waals surface area contributed by atoms with Crippen molar-refractivity contribution in [3.8, 4) is 0 Å². The lowest BCUT2D eigenvalue weighted by Gasteiger charge is -2.11. The molecule has 2 heterocycles. The van der Waals surface area contributed by atoms with Crippen LogP contribution in [0.3, 0.4) is 0 Å². The van der Waals surface area contributed by atoms with E-state index in [4.69, 9.17) is 18.6 Å². The van der Waals surface area contributed by atoms with Crippen LogP contribution in [0.15, 0.2) is 0 Å². The standard InChI is InChI=1S/C8H12B2O6/c1-3-9-13-5(7(11)15-9)6-8(12)16-10(4-2)14-6/h5-6H,3-4H2,1-2H3/t5-,6+. The molecule has 0 bridgehead atoms. The first-order valence-electron chi connectivity index (χ1n) is 5.37. The van der Waals surface area contributed by atoms with Crippen molar-refractivity contribution in [2.45, 2.75) is 38.7 Å². The van der Waals surface area contributed by atoms with E-state index in [1.165, 1.54) is 0 Å². The van der Waals surface area contributed by atoms with Crippen LogP contribution in [-0.4, -0.2) is 38.4 Å². The molecule has 2 saturated heterocycles. The summed E-state index contributed by atoms with van der Waals surface area (Å²) in [6.45, 7) is 3.64. The Labute approximate surface area is 93.8 Å². The lowest BCUT2D eigenvalue weighted by Crippen LogP contribution is -2.37. The molecule has 0 aromatic rings. The van der Waals surface area contributed by atoms with Crippen molar-refractivity contribution in [3.05, 3.63) is 0 Å². The maximum absolute atomic E-state index is 11.4. The zero-order valence-electron chi connectivity index (χ0n) is 9.17. The first-order chi connectivity index (χ1) is 7.65. The molecule has 2 rings (SSSR count). The van der Waals surface area contributed by atoms with E-state index in [0.717, 1.165) is 0 Å². The van der Waals surface area contributed by atoms with Crippen LogP contribution in [0.2, 0.25) is 12.6 Å². The summed E-state index contributed by atoms with van der Waals surface area (Å²) in [6, 6.07) is 0. The monoisotopic (exact) mass is 226 g/mol. The molecule has 0 spiro atoms. The highest BCUT2D eigenvalue weighted by Gasteiger charge is 2.52. The van der Waals surface area contributed by atoms with Crippen molar-refractivity contribution in [1.29, 1.82) is 0 Å². The Bertz CT molecular complexity index is 279. The highest BCUT2D eigenvalue weighted by Crippen LogP contribution is 2.24. The van der Waals surface area contributed by atoms with Crippen LogP contribution in [0.25, 0.3) is 0 Å². The third kappa shape index (κ3) is 1.94. The van der Waals surface area contributed by atoms with Gasteiger partial charge in [-0.05, 0) is 12.6 Å². The Hall–Kier alpha value is -1.01. The van der Waals surface area contributed by atoms with Crippen molar-refractivity contribution in [2.24, 2.45) is 0 Å². The largest absolute Gasteiger partial charge is 0.527 e. The molecule has 16 heavy (non-hydrogen) atoms. The molecule has 0 N–H and O–H groups in total. The Balaban J connectivity index is 2.03. The average Bonchev–Trinajstić information content (AvgIpc) is 2.81. The number of carbonyl (C=O) groups excluding carboxylic acids is 2. The SMILES string of the molecule is CCB1OC(=O)[C@H]([C@H]2OB(CC)OC2=O)O1. The number of carbonyl (C=O) groups is 2. The van der Waals surface area contributed by atoms with Crippen molar-refractivity contribution < 1.29 is 28.2 Å². The zero-order valence-corrected chi connectivity index (χ0v) is 9.17. The molecule has 2 aliphatic heterocycles. The van der Waals surface area contributed by atoms with Crippen LogP contribution in [0, 0.1) is 0 Å². The summed E-state index contributed by atoms with van der Waals surface area (Å²) >= 11 is 0. The molecular formula is C8H12B2O6. The lowest BCUT2D eigenvalue weighted by atomic mass is 9.86. The van der Waals surface area contributed by atoms with Gasteiger partial charge in [-0.15, -0.1) is 0 Å². The first kappa shape index (κ1) is 11.5. The Morgan fingerprint density at radius 2 is 1.31 bits per heavy atom. The van der Waals surface area contributed by atoms with Gasteiger partial charge in [-0.1, -0.05) is 13.8 Å². The third-order valence-electron chi connectivity index (χ3n) is 2.50. The Morgan fingerprint density at radius 1 is 0.938 bits per heavy atom. The maximum Gasteiger partial charge on any atom is 0.527 e. The Morgan fingerprint density at radius 3 is 1.56 bits per heavy atom. The molecule has 0 radical (unpaired) electrons. The molecule has 6 nitrogen and oxygen atoms in total. The van der Waals surface area contributed by atoms with Gasteiger partial charge in [0.25, 0.3) is 0 Å². The zero-order chi connectivity index (χ0) is 11.7. The minimum Gasteiger partial charge on any atom is -0.507 e. The molecule has 0 aromatic heterocycles. The summed E-state index contributed by atoms with van der Waals surface area (Å²) in [6.07, 6.45) is -0.898. The van der Waals surface area contributed by atoms with Crippen LogP contribution in [0.5, 0.6) is 0 Å². The van der Waals surface area contributed by atoms with Gasteiger partial charge in [0.15, 0.2) is 12.2 Å². The lowest BCUT2D eigenvalue weighted by molar-refractivity contribution is -0.147. The summed E-state index contributed by atoms with van der Waals surface area (Å²) < 4.78 is 20.4. The fraction of sp³-hybridized carbons (Fsp3) is 0.750. The second-order valence-corrected chi connectivity index (χ2v) is 3.66. The van der Waals surface area contributed by atoms with E-state index in [2.05, 4.69) is 0 Å². The fourth-order valence-corrected chi connectivity index (χ4v) is 1.64. The van der Waals surface area contributed by atoms with E-state index in [1.807, 2.05) is 13.8 Å². The van der Waals surface area contributed by atoms with Crippen molar-refractivity contribution in [2.75, 3.05) is 0 Å². The molecule has 0 aromatic carbocycles. The normalized spacial score (nSPS) is 29.6. The van der Waals surface area contributed by atoms with E-state index in [9.17, 15) is 9.59 Å². The van der Waals surface area contributed by atoms with Gasteiger partial charge < -0.3 is 18.6 Å². The third-order valence-corrected chi connectivity index (χ3v) is 2.50. The summed E-state index contributed by atoms with van der Waals surface area (Å²) in [5.41, 5.74) is 0. The van der Waals surface area contributed by atoms with E-state index >= 15 is 0 Å². The van der Waals surface area contributed by atoms with Gasteiger partial charge in [0, 0.05) is 0 Å². The van der Waals surface area contributed by atoms with Gasteiger partial charge in [0.05, 0.1) is 0 Å². The van der Waals surface area contributed by atoms with Gasteiger partial charge in [0.1, 0.15) is 0 Å². The van der Waals surface area contributed by atoms with Crippen LogP contribution in [-0.2, 0) is 28.2 Å². The summed E-state index contributed by atoms with van der Waals surface area (Å²) in [7, 11) is -1.18. The summed E-state index contributed by atoms with van der Waals surface area (Å²) in [5, 5.41) is 0. The topological polar surface area (TPSA) is 71.1 Å². The van der Waals surface area contributed by atoms with Crippen LogP contribution in [0.1, 0.15) is 13.8 Å². The molecule has 0 amide bonds.